The standard InChI is InChI=1S/C24H28N4O3S/c1-4-31-23(30)20(13-19-8-6-5-7-9-19)14-25-22(29)15-32-24-27-26-16-28(24)21-11-10-17(2)18(3)12-21/h5-12,16,20H,4,13-15H2,1-3H3,(H,25,29). The molecule has 0 spiro atoms. The number of hydrogen-bond acceptors (Lipinski definition) is 6. The van der Waals surface area contributed by atoms with E-state index in [4.69, 9.17) is 4.74 Å². The molecule has 0 aliphatic rings. The molecule has 0 aliphatic heterocycles. The Bertz CT molecular complexity index is 1050. The van der Waals surface area contributed by atoms with Gasteiger partial charge in [-0.25, -0.2) is 0 Å². The van der Waals surface area contributed by atoms with Gasteiger partial charge in [0, 0.05) is 12.2 Å². The molecule has 1 heterocycles. The van der Waals surface area contributed by atoms with Crippen molar-refractivity contribution in [2.24, 2.45) is 5.92 Å². The lowest BCUT2D eigenvalue weighted by atomic mass is 9.99. The maximum atomic E-state index is 12.5. The van der Waals surface area contributed by atoms with Gasteiger partial charge in [0.15, 0.2) is 5.16 Å². The molecule has 1 unspecified atom stereocenters. The lowest BCUT2D eigenvalue weighted by molar-refractivity contribution is -0.147. The molecule has 3 rings (SSSR count). The van der Waals surface area contributed by atoms with E-state index in [1.165, 1.54) is 22.9 Å². The van der Waals surface area contributed by atoms with Gasteiger partial charge in [0.25, 0.3) is 0 Å². The predicted molar refractivity (Wildman–Crippen MR) is 125 cm³/mol. The lowest BCUT2D eigenvalue weighted by Gasteiger charge is -2.16. The van der Waals surface area contributed by atoms with Crippen LogP contribution >= 0.6 is 11.8 Å². The summed E-state index contributed by atoms with van der Waals surface area (Å²) in [5.74, 6) is -0.749. The summed E-state index contributed by atoms with van der Waals surface area (Å²) in [6.45, 7) is 6.42. The topological polar surface area (TPSA) is 86.1 Å². The zero-order valence-electron chi connectivity index (χ0n) is 18.6. The van der Waals surface area contributed by atoms with Crippen molar-refractivity contribution in [3.63, 3.8) is 0 Å². The second-order valence-electron chi connectivity index (χ2n) is 7.48. The van der Waals surface area contributed by atoms with Crippen molar-refractivity contribution in [2.75, 3.05) is 18.9 Å². The lowest BCUT2D eigenvalue weighted by Crippen LogP contribution is -2.36. The highest BCUT2D eigenvalue weighted by Gasteiger charge is 2.21. The molecule has 32 heavy (non-hydrogen) atoms. The van der Waals surface area contributed by atoms with Gasteiger partial charge in [0.1, 0.15) is 6.33 Å². The van der Waals surface area contributed by atoms with Crippen LogP contribution < -0.4 is 5.32 Å². The first-order valence-electron chi connectivity index (χ1n) is 10.6. The van der Waals surface area contributed by atoms with Crippen molar-refractivity contribution < 1.29 is 14.3 Å². The molecular formula is C24H28N4O3S. The van der Waals surface area contributed by atoms with Gasteiger partial charge in [-0.05, 0) is 56.0 Å². The average Bonchev–Trinajstić information content (AvgIpc) is 3.26. The first-order chi connectivity index (χ1) is 15.5. The van der Waals surface area contributed by atoms with Gasteiger partial charge >= 0.3 is 5.97 Å². The number of carbonyl (C=O) groups is 2. The molecule has 8 heteroatoms. The number of benzene rings is 2. The van der Waals surface area contributed by atoms with Crippen molar-refractivity contribution in [3.05, 3.63) is 71.5 Å². The quantitative estimate of drug-likeness (QED) is 0.374. The first-order valence-corrected chi connectivity index (χ1v) is 11.5. The van der Waals surface area contributed by atoms with Crippen LogP contribution in [0.2, 0.25) is 0 Å². The number of nitrogens with zero attached hydrogens (tertiary/aromatic N) is 3. The molecule has 0 aliphatic carbocycles. The molecular weight excluding hydrogens is 424 g/mol. The molecule has 7 nitrogen and oxygen atoms in total. The number of rotatable bonds is 10. The summed E-state index contributed by atoms with van der Waals surface area (Å²) < 4.78 is 7.06. The Morgan fingerprint density at radius 2 is 1.91 bits per heavy atom. The van der Waals surface area contributed by atoms with E-state index in [1.54, 1.807) is 13.3 Å². The van der Waals surface area contributed by atoms with Crippen molar-refractivity contribution in [1.82, 2.24) is 20.1 Å². The van der Waals surface area contributed by atoms with Crippen molar-refractivity contribution in [3.8, 4) is 5.69 Å². The molecule has 1 N–H and O–H groups in total. The number of nitrogens with one attached hydrogen (secondary N) is 1. The summed E-state index contributed by atoms with van der Waals surface area (Å²) in [6.07, 6.45) is 2.15. The fourth-order valence-corrected chi connectivity index (χ4v) is 3.95. The monoisotopic (exact) mass is 452 g/mol. The van der Waals surface area contributed by atoms with E-state index in [0.717, 1.165) is 11.3 Å². The molecule has 0 bridgehead atoms. The van der Waals surface area contributed by atoms with Crippen LogP contribution in [0.15, 0.2) is 60.0 Å². The Morgan fingerprint density at radius 3 is 2.62 bits per heavy atom. The summed E-state index contributed by atoms with van der Waals surface area (Å²) in [6, 6.07) is 15.8. The van der Waals surface area contributed by atoms with Gasteiger partial charge in [0.2, 0.25) is 5.91 Å². The van der Waals surface area contributed by atoms with E-state index >= 15 is 0 Å². The van der Waals surface area contributed by atoms with E-state index in [9.17, 15) is 9.59 Å². The number of hydrogen-bond donors (Lipinski definition) is 1. The number of esters is 1. The Balaban J connectivity index is 1.57. The molecule has 1 aromatic heterocycles. The van der Waals surface area contributed by atoms with Crippen LogP contribution in [0.4, 0.5) is 0 Å². The van der Waals surface area contributed by atoms with E-state index in [-0.39, 0.29) is 24.2 Å². The van der Waals surface area contributed by atoms with Gasteiger partial charge in [0.05, 0.1) is 18.3 Å². The minimum atomic E-state index is -0.439. The summed E-state index contributed by atoms with van der Waals surface area (Å²) >= 11 is 1.30. The molecule has 0 radical (unpaired) electrons. The fraction of sp³-hybridized carbons (Fsp3) is 0.333. The normalized spacial score (nSPS) is 11.7. The summed E-state index contributed by atoms with van der Waals surface area (Å²) in [5.41, 5.74) is 4.36. The van der Waals surface area contributed by atoms with Crippen LogP contribution in [0, 0.1) is 19.8 Å². The maximum Gasteiger partial charge on any atom is 0.311 e. The van der Waals surface area contributed by atoms with E-state index in [1.807, 2.05) is 47.0 Å². The third kappa shape index (κ3) is 6.43. The number of amides is 1. The minimum absolute atomic E-state index is 0.171. The van der Waals surface area contributed by atoms with Crippen LogP contribution in [0.25, 0.3) is 5.69 Å². The van der Waals surface area contributed by atoms with E-state index in [0.29, 0.717) is 18.2 Å². The van der Waals surface area contributed by atoms with Crippen molar-refractivity contribution in [2.45, 2.75) is 32.3 Å². The van der Waals surface area contributed by atoms with Crippen molar-refractivity contribution in [1.29, 1.82) is 0 Å². The largest absolute Gasteiger partial charge is 0.466 e. The highest BCUT2D eigenvalue weighted by molar-refractivity contribution is 7.99. The van der Waals surface area contributed by atoms with Gasteiger partial charge in [-0.2, -0.15) is 0 Å². The van der Waals surface area contributed by atoms with E-state index < -0.39 is 5.92 Å². The molecule has 0 fully saturated rings. The number of aryl methyl sites for hydroxylation is 2. The Labute approximate surface area is 192 Å². The highest BCUT2D eigenvalue weighted by Crippen LogP contribution is 2.21. The molecule has 2 aromatic carbocycles. The van der Waals surface area contributed by atoms with Crippen LogP contribution in [0.3, 0.4) is 0 Å². The van der Waals surface area contributed by atoms with Gasteiger partial charge in [-0.1, -0.05) is 48.2 Å². The minimum Gasteiger partial charge on any atom is -0.466 e. The molecule has 1 atom stereocenters. The smallest absolute Gasteiger partial charge is 0.311 e. The Morgan fingerprint density at radius 1 is 1.12 bits per heavy atom. The first kappa shape index (κ1) is 23.5. The van der Waals surface area contributed by atoms with Crippen LogP contribution in [-0.4, -0.2) is 45.5 Å². The van der Waals surface area contributed by atoms with Crippen molar-refractivity contribution >= 4 is 23.6 Å². The van der Waals surface area contributed by atoms with E-state index in [2.05, 4.69) is 35.4 Å². The molecule has 3 aromatic rings. The summed E-state index contributed by atoms with van der Waals surface area (Å²) in [4.78, 5) is 24.8. The highest BCUT2D eigenvalue weighted by atomic mass is 32.2. The molecule has 0 saturated carbocycles. The maximum absolute atomic E-state index is 12.5. The van der Waals surface area contributed by atoms with Gasteiger partial charge in [-0.3, -0.25) is 14.2 Å². The fourth-order valence-electron chi connectivity index (χ4n) is 3.19. The Hall–Kier alpha value is -3.13. The van der Waals surface area contributed by atoms with Gasteiger partial charge < -0.3 is 10.1 Å². The molecule has 1 amide bonds. The summed E-state index contributed by atoms with van der Waals surface area (Å²) in [7, 11) is 0. The molecule has 0 saturated heterocycles. The predicted octanol–water partition coefficient (Wildman–Crippen LogP) is 3.51. The number of aromatic nitrogens is 3. The second kappa shape index (κ2) is 11.5. The second-order valence-corrected chi connectivity index (χ2v) is 8.43. The van der Waals surface area contributed by atoms with Crippen LogP contribution in [0.1, 0.15) is 23.6 Å². The number of carbonyl (C=O) groups excluding carboxylic acids is 2. The zero-order chi connectivity index (χ0) is 22.9. The van der Waals surface area contributed by atoms with Crippen LogP contribution in [0.5, 0.6) is 0 Å². The third-order valence-corrected chi connectivity index (χ3v) is 6.05. The SMILES string of the molecule is CCOC(=O)C(CNC(=O)CSc1nncn1-c1ccc(C)c(C)c1)Cc1ccccc1. The average molecular weight is 453 g/mol. The molecule has 168 valence electrons. The van der Waals surface area contributed by atoms with Crippen LogP contribution in [-0.2, 0) is 20.7 Å². The number of thioether (sulfide) groups is 1. The Kier molecular flexibility index (Phi) is 8.44. The zero-order valence-corrected chi connectivity index (χ0v) is 19.4. The summed E-state index contributed by atoms with van der Waals surface area (Å²) in [5, 5.41) is 11.6. The number of ether oxygens (including phenoxy) is 1. The van der Waals surface area contributed by atoms with Gasteiger partial charge in [-0.15, -0.1) is 10.2 Å². The third-order valence-electron chi connectivity index (χ3n) is 5.11.